The zero-order valence-corrected chi connectivity index (χ0v) is 14.7. The number of carbonyl (C=O) groups is 2. The van der Waals surface area contributed by atoms with Crippen molar-refractivity contribution in [1.82, 2.24) is 10.3 Å². The molecule has 0 aliphatic carbocycles. The summed E-state index contributed by atoms with van der Waals surface area (Å²) in [6, 6.07) is -0.553. The molecular weight excluding hydrogens is 371 g/mol. The Balaban J connectivity index is 3.07. The van der Waals surface area contributed by atoms with Crippen molar-refractivity contribution in [3.05, 3.63) is 27.0 Å². The van der Waals surface area contributed by atoms with Gasteiger partial charge in [0.05, 0.1) is 5.02 Å². The predicted molar refractivity (Wildman–Crippen MR) is 85.0 cm³/mol. The molecule has 0 fully saturated rings. The Morgan fingerprint density at radius 1 is 1.30 bits per heavy atom. The lowest BCUT2D eigenvalue weighted by molar-refractivity contribution is -0.142. The van der Waals surface area contributed by atoms with Gasteiger partial charge >= 0.3 is 12.1 Å². The number of carboxylic acid groups (broad SMARTS) is 1. The van der Waals surface area contributed by atoms with Crippen LogP contribution < -0.4 is 5.32 Å². The third-order valence-corrected chi connectivity index (χ3v) is 3.27. The molecule has 0 aliphatic heterocycles. The Morgan fingerprint density at radius 2 is 1.87 bits per heavy atom. The van der Waals surface area contributed by atoms with Gasteiger partial charge < -0.3 is 20.3 Å². The van der Waals surface area contributed by atoms with E-state index in [4.69, 9.17) is 39.5 Å². The van der Waals surface area contributed by atoms with E-state index in [1.165, 1.54) is 6.07 Å². The number of aromatic nitrogens is 1. The highest BCUT2D eigenvalue weighted by Crippen LogP contribution is 2.33. The molecule has 3 N–H and O–H groups in total. The molecule has 0 saturated carbocycles. The monoisotopic (exact) mass is 384 g/mol. The highest BCUT2D eigenvalue weighted by Gasteiger charge is 2.34. The number of pyridine rings is 1. The van der Waals surface area contributed by atoms with Crippen molar-refractivity contribution < 1.29 is 24.5 Å². The summed E-state index contributed by atoms with van der Waals surface area (Å²) in [5, 5.41) is 21.1. The summed E-state index contributed by atoms with van der Waals surface area (Å²) >= 11 is 17.4. The number of aliphatic hydroxyl groups is 1. The number of alkyl carbamates (subject to hydrolysis) is 1. The molecule has 23 heavy (non-hydrogen) atoms. The summed E-state index contributed by atoms with van der Waals surface area (Å²) in [4.78, 5) is 26.8. The lowest BCUT2D eigenvalue weighted by Gasteiger charge is -2.25. The fraction of sp³-hybridized carbons (Fsp3) is 0.462. The van der Waals surface area contributed by atoms with Crippen molar-refractivity contribution in [3.8, 4) is 0 Å². The number of nitrogens with one attached hydrogen (secondary N) is 1. The molecule has 1 amide bonds. The molecule has 1 aromatic heterocycles. The Kier molecular flexibility index (Phi) is 6.47. The van der Waals surface area contributed by atoms with Crippen LogP contribution in [0.5, 0.6) is 0 Å². The fourth-order valence-electron chi connectivity index (χ4n) is 1.61. The van der Waals surface area contributed by atoms with Crippen LogP contribution in [0.4, 0.5) is 4.79 Å². The first kappa shape index (κ1) is 19.8. The van der Waals surface area contributed by atoms with Gasteiger partial charge in [-0.25, -0.2) is 14.6 Å². The number of carboxylic acids is 1. The van der Waals surface area contributed by atoms with Crippen LogP contribution in [0.1, 0.15) is 32.4 Å². The molecule has 0 bridgehead atoms. The van der Waals surface area contributed by atoms with E-state index in [1.54, 1.807) is 20.8 Å². The summed E-state index contributed by atoms with van der Waals surface area (Å²) in [5.41, 5.74) is -1.00. The molecule has 1 aromatic rings. The molecule has 0 aromatic carbocycles. The van der Waals surface area contributed by atoms with Gasteiger partial charge in [0.25, 0.3) is 0 Å². The second-order valence-corrected chi connectivity index (χ2v) is 6.69. The van der Waals surface area contributed by atoms with Crippen LogP contribution in [-0.4, -0.2) is 38.9 Å². The quantitative estimate of drug-likeness (QED) is 0.687. The topological polar surface area (TPSA) is 109 Å². The molecular formula is C13H15Cl3N2O5. The maximum atomic E-state index is 11.7. The van der Waals surface area contributed by atoms with Crippen molar-refractivity contribution >= 4 is 46.9 Å². The van der Waals surface area contributed by atoms with Crippen molar-refractivity contribution in [3.63, 3.8) is 0 Å². The predicted octanol–water partition coefficient (Wildman–Crippen LogP) is 3.05. The minimum absolute atomic E-state index is 0.0251. The molecule has 0 spiro atoms. The zero-order valence-electron chi connectivity index (χ0n) is 12.4. The molecule has 0 saturated heterocycles. The van der Waals surface area contributed by atoms with E-state index < -0.39 is 29.8 Å². The zero-order chi connectivity index (χ0) is 17.9. The van der Waals surface area contributed by atoms with Crippen molar-refractivity contribution in [2.24, 2.45) is 0 Å². The average Bonchev–Trinajstić information content (AvgIpc) is 2.31. The normalized spacial score (nSPS) is 14.0. The molecule has 2 atom stereocenters. The highest BCUT2D eigenvalue weighted by atomic mass is 35.5. The number of aliphatic carboxylic acids is 1. The third-order valence-electron chi connectivity index (χ3n) is 2.48. The molecule has 7 nitrogen and oxygen atoms in total. The van der Waals surface area contributed by atoms with Gasteiger partial charge in [0, 0.05) is 5.56 Å². The number of rotatable bonds is 4. The van der Waals surface area contributed by atoms with Crippen molar-refractivity contribution in [2.45, 2.75) is 38.5 Å². The van der Waals surface area contributed by atoms with E-state index >= 15 is 0 Å². The second-order valence-electron chi connectivity index (χ2n) is 5.54. The van der Waals surface area contributed by atoms with Gasteiger partial charge in [-0.15, -0.1) is 0 Å². The maximum absolute atomic E-state index is 11.7. The van der Waals surface area contributed by atoms with Crippen molar-refractivity contribution in [1.29, 1.82) is 0 Å². The van der Waals surface area contributed by atoms with E-state index in [2.05, 4.69) is 10.3 Å². The Labute approximate surface area is 147 Å². The van der Waals surface area contributed by atoms with Crippen LogP contribution >= 0.6 is 34.8 Å². The summed E-state index contributed by atoms with van der Waals surface area (Å²) in [5.74, 6) is -1.51. The first-order valence-electron chi connectivity index (χ1n) is 6.34. The van der Waals surface area contributed by atoms with Crippen molar-refractivity contribution in [2.75, 3.05) is 0 Å². The van der Waals surface area contributed by atoms with Gasteiger partial charge in [-0.1, -0.05) is 34.8 Å². The van der Waals surface area contributed by atoms with Crippen LogP contribution in [0.3, 0.4) is 0 Å². The summed E-state index contributed by atoms with van der Waals surface area (Å²) in [7, 11) is 0. The van der Waals surface area contributed by atoms with Crippen LogP contribution in [-0.2, 0) is 9.53 Å². The number of hydrogen-bond donors (Lipinski definition) is 3. The molecule has 0 radical (unpaired) electrons. The lowest BCUT2D eigenvalue weighted by atomic mass is 10.0. The third kappa shape index (κ3) is 5.69. The van der Waals surface area contributed by atoms with Crippen LogP contribution in [0.2, 0.25) is 15.3 Å². The van der Waals surface area contributed by atoms with Crippen LogP contribution in [0.25, 0.3) is 0 Å². The van der Waals surface area contributed by atoms with Gasteiger partial charge in [0.2, 0.25) is 0 Å². The van der Waals surface area contributed by atoms with Gasteiger partial charge in [0.1, 0.15) is 22.0 Å². The Hall–Kier alpha value is -1.28. The summed E-state index contributed by atoms with van der Waals surface area (Å²) < 4.78 is 4.96. The van der Waals surface area contributed by atoms with Gasteiger partial charge in [0.15, 0.2) is 6.04 Å². The molecule has 128 valence electrons. The van der Waals surface area contributed by atoms with Gasteiger partial charge in [-0.2, -0.15) is 0 Å². The van der Waals surface area contributed by atoms with E-state index in [0.717, 1.165) is 0 Å². The SMILES string of the molecule is CC(C)(C)OC(=O)N[C@H](C(=O)O)[C@@H](O)c1c(Cl)cc(Cl)nc1Cl. The van der Waals surface area contributed by atoms with E-state index in [-0.39, 0.29) is 20.9 Å². The molecule has 0 aliphatic rings. The van der Waals surface area contributed by atoms with Gasteiger partial charge in [-0.3, -0.25) is 0 Å². The molecule has 1 heterocycles. The van der Waals surface area contributed by atoms with Crippen LogP contribution in [0, 0.1) is 0 Å². The number of carbonyl (C=O) groups excluding carboxylic acids is 1. The van der Waals surface area contributed by atoms with E-state index in [9.17, 15) is 19.8 Å². The standard InChI is InChI=1S/C13H15Cl3N2O5/c1-13(2,3)23-12(22)18-8(11(20)21)9(19)7-5(14)4-6(15)17-10(7)16/h4,8-9,19H,1-3H3,(H,18,22)(H,20,21)/t8-,9-/m0/s1. The maximum Gasteiger partial charge on any atom is 0.408 e. The first-order chi connectivity index (χ1) is 10.4. The van der Waals surface area contributed by atoms with Crippen LogP contribution in [0.15, 0.2) is 6.07 Å². The van der Waals surface area contributed by atoms with Gasteiger partial charge in [-0.05, 0) is 26.8 Å². The van der Waals surface area contributed by atoms with E-state index in [1.807, 2.05) is 0 Å². The number of ether oxygens (including phenoxy) is 1. The number of halogens is 3. The highest BCUT2D eigenvalue weighted by molar-refractivity contribution is 6.37. The summed E-state index contributed by atoms with van der Waals surface area (Å²) in [6.07, 6.45) is -2.78. The minimum Gasteiger partial charge on any atom is -0.480 e. The number of hydrogen-bond acceptors (Lipinski definition) is 5. The largest absolute Gasteiger partial charge is 0.480 e. The number of amides is 1. The number of aliphatic hydroxyl groups excluding tert-OH is 1. The smallest absolute Gasteiger partial charge is 0.408 e. The lowest BCUT2D eigenvalue weighted by Crippen LogP contribution is -2.47. The average molecular weight is 386 g/mol. The Bertz CT molecular complexity index is 595. The first-order valence-corrected chi connectivity index (χ1v) is 7.47. The molecule has 1 rings (SSSR count). The minimum atomic E-state index is -1.76. The van der Waals surface area contributed by atoms with E-state index in [0.29, 0.717) is 0 Å². The molecule has 0 unspecified atom stereocenters. The second kappa shape index (κ2) is 7.53. The summed E-state index contributed by atoms with van der Waals surface area (Å²) in [6.45, 7) is 4.82. The number of nitrogens with zero attached hydrogens (tertiary/aromatic N) is 1. The Morgan fingerprint density at radius 3 is 2.30 bits per heavy atom. The molecule has 10 heteroatoms. The fourth-order valence-corrected chi connectivity index (χ4v) is 2.56.